The van der Waals surface area contributed by atoms with Crippen LogP contribution in [0.1, 0.15) is 30.9 Å². The predicted octanol–water partition coefficient (Wildman–Crippen LogP) is 4.67. The lowest BCUT2D eigenvalue weighted by Crippen LogP contribution is -2.53. The Morgan fingerprint density at radius 3 is 2.71 bits per heavy atom. The number of nitrogens with zero attached hydrogens (tertiary/aromatic N) is 4. The molecule has 162 valence electrons. The fourth-order valence-electron chi connectivity index (χ4n) is 3.65. The summed E-state index contributed by atoms with van der Waals surface area (Å²) in [5.74, 6) is -1.57. The van der Waals surface area contributed by atoms with E-state index in [4.69, 9.17) is 10.3 Å². The molecule has 0 saturated carbocycles. The van der Waals surface area contributed by atoms with Crippen molar-refractivity contribution in [3.63, 3.8) is 0 Å². The highest BCUT2D eigenvalue weighted by Gasteiger charge is 2.46. The van der Waals surface area contributed by atoms with Gasteiger partial charge in [0.2, 0.25) is 0 Å². The second-order valence-electron chi connectivity index (χ2n) is 7.16. The summed E-state index contributed by atoms with van der Waals surface area (Å²) in [7, 11) is 1.43. The third kappa shape index (κ3) is 4.52. The first kappa shape index (κ1) is 22.3. The van der Waals surface area contributed by atoms with Crippen molar-refractivity contribution >= 4 is 11.6 Å². The molecule has 1 aliphatic heterocycles. The van der Waals surface area contributed by atoms with Crippen LogP contribution in [0.4, 0.5) is 8.78 Å². The Balaban J connectivity index is 2.13. The molecule has 2 atom stereocenters. The summed E-state index contributed by atoms with van der Waals surface area (Å²) < 4.78 is 33.7. The molecule has 0 unspecified atom stereocenters. The number of amides is 1. The summed E-state index contributed by atoms with van der Waals surface area (Å²) in [6.07, 6.45) is 1.52. The Bertz CT molecular complexity index is 1020. The van der Waals surface area contributed by atoms with Gasteiger partial charge in [0.15, 0.2) is 0 Å². The van der Waals surface area contributed by atoms with Gasteiger partial charge < -0.3 is 10.1 Å². The normalized spacial score (nSPS) is 18.7. The van der Waals surface area contributed by atoms with Gasteiger partial charge in [-0.3, -0.25) is 9.69 Å². The van der Waals surface area contributed by atoms with Crippen molar-refractivity contribution in [1.82, 2.24) is 10.2 Å². The maximum Gasteiger partial charge on any atom is 0.257 e. The fraction of sp³-hybridized carbons (Fsp3) is 0.318. The summed E-state index contributed by atoms with van der Waals surface area (Å²) in [6, 6.07) is 12.4. The van der Waals surface area contributed by atoms with Crippen LogP contribution in [0.3, 0.4) is 0 Å². The Morgan fingerprint density at radius 1 is 1.29 bits per heavy atom. The molecule has 1 amide bonds. The maximum absolute atomic E-state index is 14.6. The molecule has 0 saturated heterocycles. The van der Waals surface area contributed by atoms with Crippen LogP contribution in [0.5, 0.6) is 0 Å². The van der Waals surface area contributed by atoms with E-state index in [2.05, 4.69) is 15.3 Å². The van der Waals surface area contributed by atoms with E-state index in [0.29, 0.717) is 12.8 Å². The molecule has 0 radical (unpaired) electrons. The molecule has 9 heteroatoms. The third-order valence-corrected chi connectivity index (χ3v) is 5.28. The molecular weight excluding hydrogens is 404 g/mol. The summed E-state index contributed by atoms with van der Waals surface area (Å²) in [5.41, 5.74) is 8.53. The van der Waals surface area contributed by atoms with Gasteiger partial charge in [0, 0.05) is 30.3 Å². The number of hydrogen-bond acceptors (Lipinski definition) is 4. The van der Waals surface area contributed by atoms with Gasteiger partial charge in [-0.15, -0.1) is 0 Å². The summed E-state index contributed by atoms with van der Waals surface area (Å²) >= 11 is 0. The van der Waals surface area contributed by atoms with E-state index >= 15 is 0 Å². The lowest BCUT2D eigenvalue weighted by atomic mass is 9.92. The van der Waals surface area contributed by atoms with E-state index in [9.17, 15) is 13.6 Å². The van der Waals surface area contributed by atoms with Gasteiger partial charge in [0.25, 0.3) is 5.91 Å². The van der Waals surface area contributed by atoms with Gasteiger partial charge in [0.05, 0.1) is 5.70 Å². The number of benzene rings is 2. The summed E-state index contributed by atoms with van der Waals surface area (Å²) in [4.78, 5) is 17.5. The second kappa shape index (κ2) is 9.59. The molecule has 31 heavy (non-hydrogen) atoms. The standard InChI is InChI=1S/C22H23F2N5O2/c1-15(31-2)21(30)29-14-20(18-13-17(23)9-10-19(18)24)27-22(29,11-6-12-26-28-25)16-7-4-3-5-8-16/h3-5,7-10,13-15,27H,6,11-12H2,1-2H3/t15-,22-/m0/s1. The van der Waals surface area contributed by atoms with Crippen LogP contribution in [0.25, 0.3) is 16.1 Å². The van der Waals surface area contributed by atoms with Crippen LogP contribution in [-0.4, -0.2) is 30.6 Å². The zero-order valence-electron chi connectivity index (χ0n) is 17.3. The molecule has 0 spiro atoms. The van der Waals surface area contributed by atoms with Crippen LogP contribution in [0, 0.1) is 11.6 Å². The zero-order chi connectivity index (χ0) is 22.4. The highest BCUT2D eigenvalue weighted by atomic mass is 19.1. The van der Waals surface area contributed by atoms with Crippen molar-refractivity contribution in [2.24, 2.45) is 5.11 Å². The molecule has 2 aromatic carbocycles. The van der Waals surface area contributed by atoms with Gasteiger partial charge in [-0.25, -0.2) is 8.78 Å². The number of halogens is 2. The molecule has 1 aliphatic rings. The van der Waals surface area contributed by atoms with E-state index in [0.717, 1.165) is 23.8 Å². The molecule has 3 rings (SSSR count). The van der Waals surface area contributed by atoms with Gasteiger partial charge in [-0.1, -0.05) is 35.4 Å². The van der Waals surface area contributed by atoms with Crippen LogP contribution >= 0.6 is 0 Å². The SMILES string of the molecule is CO[C@@H](C)C(=O)N1C=C(c2cc(F)ccc2F)N[C@]1(CCCN=[N+]=[N-])c1ccccc1. The number of methoxy groups -OCH3 is 1. The van der Waals surface area contributed by atoms with Crippen LogP contribution < -0.4 is 5.32 Å². The van der Waals surface area contributed by atoms with Gasteiger partial charge >= 0.3 is 0 Å². The molecule has 1 N–H and O–H groups in total. The van der Waals surface area contributed by atoms with Crippen molar-refractivity contribution in [3.8, 4) is 0 Å². The molecule has 1 heterocycles. The third-order valence-electron chi connectivity index (χ3n) is 5.28. The number of ether oxygens (including phenoxy) is 1. The number of carbonyl (C=O) groups is 1. The van der Waals surface area contributed by atoms with E-state index in [1.165, 1.54) is 18.2 Å². The Kier molecular flexibility index (Phi) is 6.89. The minimum atomic E-state index is -1.09. The first-order chi connectivity index (χ1) is 14.9. The highest BCUT2D eigenvalue weighted by Crippen LogP contribution is 2.40. The molecule has 7 nitrogen and oxygen atoms in total. The quantitative estimate of drug-likeness (QED) is 0.287. The minimum Gasteiger partial charge on any atom is -0.372 e. The predicted molar refractivity (Wildman–Crippen MR) is 112 cm³/mol. The van der Waals surface area contributed by atoms with E-state index in [1.807, 2.05) is 30.3 Å². The summed E-state index contributed by atoms with van der Waals surface area (Å²) in [5, 5.41) is 6.84. The molecular formula is C22H23F2N5O2. The van der Waals surface area contributed by atoms with Gasteiger partial charge in [0.1, 0.15) is 23.4 Å². The van der Waals surface area contributed by atoms with Crippen molar-refractivity contribution < 1.29 is 18.3 Å². The Hall–Kier alpha value is -3.42. The summed E-state index contributed by atoms with van der Waals surface area (Å²) in [6.45, 7) is 1.84. The lowest BCUT2D eigenvalue weighted by molar-refractivity contribution is -0.144. The van der Waals surface area contributed by atoms with Crippen LogP contribution in [-0.2, 0) is 15.2 Å². The fourth-order valence-corrected chi connectivity index (χ4v) is 3.65. The molecule has 2 aromatic rings. The molecule has 0 bridgehead atoms. The molecule has 0 fully saturated rings. The van der Waals surface area contributed by atoms with Gasteiger partial charge in [-0.05, 0) is 49.1 Å². The van der Waals surface area contributed by atoms with Crippen LogP contribution in [0.15, 0.2) is 59.8 Å². The average molecular weight is 427 g/mol. The van der Waals surface area contributed by atoms with E-state index in [1.54, 1.807) is 6.92 Å². The van der Waals surface area contributed by atoms with E-state index < -0.39 is 23.4 Å². The highest BCUT2D eigenvalue weighted by molar-refractivity contribution is 5.86. The number of rotatable bonds is 8. The largest absolute Gasteiger partial charge is 0.372 e. The van der Waals surface area contributed by atoms with Gasteiger partial charge in [-0.2, -0.15) is 0 Å². The van der Waals surface area contributed by atoms with E-state index in [-0.39, 0.29) is 23.7 Å². The lowest BCUT2D eigenvalue weighted by Gasteiger charge is -2.40. The second-order valence-corrected chi connectivity index (χ2v) is 7.16. The Morgan fingerprint density at radius 2 is 2.03 bits per heavy atom. The first-order valence-corrected chi connectivity index (χ1v) is 9.80. The van der Waals surface area contributed by atoms with Crippen molar-refractivity contribution in [2.75, 3.05) is 13.7 Å². The van der Waals surface area contributed by atoms with Crippen molar-refractivity contribution in [2.45, 2.75) is 31.5 Å². The molecule has 0 aliphatic carbocycles. The number of nitrogens with one attached hydrogen (secondary N) is 1. The minimum absolute atomic E-state index is 0.00993. The Labute approximate surface area is 178 Å². The number of hydrogen-bond donors (Lipinski definition) is 1. The smallest absolute Gasteiger partial charge is 0.257 e. The zero-order valence-corrected chi connectivity index (χ0v) is 17.3. The van der Waals surface area contributed by atoms with Crippen molar-refractivity contribution in [1.29, 1.82) is 0 Å². The average Bonchev–Trinajstić information content (AvgIpc) is 3.18. The molecule has 0 aromatic heterocycles. The van der Waals surface area contributed by atoms with Crippen LogP contribution in [0.2, 0.25) is 0 Å². The van der Waals surface area contributed by atoms with Crippen molar-refractivity contribution in [3.05, 3.63) is 87.9 Å². The maximum atomic E-state index is 14.6. The number of carbonyl (C=O) groups excluding carboxylic acids is 1. The number of azide groups is 1. The first-order valence-electron chi connectivity index (χ1n) is 9.80. The monoisotopic (exact) mass is 427 g/mol. The topological polar surface area (TPSA) is 90.3 Å².